The average molecular weight is 351 g/mol. The van der Waals surface area contributed by atoms with Crippen LogP contribution in [-0.4, -0.2) is 17.3 Å². The van der Waals surface area contributed by atoms with Gasteiger partial charge < -0.3 is 9.05 Å². The van der Waals surface area contributed by atoms with Gasteiger partial charge in [-0.25, -0.2) is 0 Å². The molecule has 0 amide bonds. The summed E-state index contributed by atoms with van der Waals surface area (Å²) in [4.78, 5) is 0. The first-order chi connectivity index (χ1) is 11.0. The van der Waals surface area contributed by atoms with Gasteiger partial charge in [0.25, 0.3) is 0 Å². The predicted molar refractivity (Wildman–Crippen MR) is 96.6 cm³/mol. The second-order valence-corrected chi connectivity index (χ2v) is 9.35. The maximum atomic E-state index is 13.6. The van der Waals surface area contributed by atoms with E-state index in [2.05, 4.69) is 25.9 Å². The van der Waals surface area contributed by atoms with E-state index < -0.39 is 7.60 Å². The molecule has 0 radical (unpaired) electrons. The van der Waals surface area contributed by atoms with Crippen molar-refractivity contribution >= 4 is 23.8 Å². The highest BCUT2D eigenvalue weighted by atomic mass is 31.2. The minimum absolute atomic E-state index is 0.218. The van der Waals surface area contributed by atoms with Crippen LogP contribution in [0, 0.1) is 0 Å². The summed E-state index contributed by atoms with van der Waals surface area (Å²) in [5.41, 5.74) is 0.518. The van der Waals surface area contributed by atoms with Crippen LogP contribution in [0.5, 0.6) is 0 Å². The molecule has 5 nitrogen and oxygen atoms in total. The third kappa shape index (κ3) is 4.21. The lowest BCUT2D eigenvalue weighted by Crippen LogP contribution is -2.54. The fraction of sp³-hybridized carbons (Fsp3) is 0.556. The SMILES string of the molecule is CC(C)OP(=O)(OC(C)C)c1c[n+](C(C)(C)C)nc2ccccc12. The van der Waals surface area contributed by atoms with Crippen LogP contribution in [0.2, 0.25) is 0 Å². The van der Waals surface area contributed by atoms with Crippen molar-refractivity contribution in [2.45, 2.75) is 66.2 Å². The minimum atomic E-state index is -3.49. The van der Waals surface area contributed by atoms with Gasteiger partial charge in [-0.3, -0.25) is 4.57 Å². The first-order valence-electron chi connectivity index (χ1n) is 8.32. The Balaban J connectivity index is 2.77. The van der Waals surface area contributed by atoms with E-state index in [1.54, 1.807) is 6.20 Å². The Morgan fingerprint density at radius 2 is 1.58 bits per heavy atom. The van der Waals surface area contributed by atoms with Gasteiger partial charge in [0, 0.05) is 31.3 Å². The van der Waals surface area contributed by atoms with Crippen molar-refractivity contribution < 1.29 is 18.3 Å². The molecule has 132 valence electrons. The van der Waals surface area contributed by atoms with Crippen LogP contribution >= 0.6 is 7.60 Å². The van der Waals surface area contributed by atoms with Gasteiger partial charge in [0.2, 0.25) is 6.20 Å². The van der Waals surface area contributed by atoms with Crippen LogP contribution in [-0.2, 0) is 19.2 Å². The summed E-state index contributed by atoms with van der Waals surface area (Å²) < 4.78 is 27.1. The maximum Gasteiger partial charge on any atom is 0.368 e. The molecule has 0 saturated heterocycles. The standard InChI is InChI=1S/C18H28N2O3P/c1-13(2)22-24(21,23-14(3)4)17-12-20(18(5,6)7)19-16-11-9-8-10-15(16)17/h8-14H,1-7H3/q+1. The summed E-state index contributed by atoms with van der Waals surface area (Å²) in [5.74, 6) is 0. The lowest BCUT2D eigenvalue weighted by Gasteiger charge is -2.23. The Bertz CT molecular complexity index is 752. The highest BCUT2D eigenvalue weighted by Crippen LogP contribution is 2.50. The zero-order valence-electron chi connectivity index (χ0n) is 15.6. The number of nitrogens with zero attached hydrogens (tertiary/aromatic N) is 2. The van der Waals surface area contributed by atoms with Crippen molar-refractivity contribution in [3.05, 3.63) is 30.5 Å². The largest absolute Gasteiger partial charge is 0.368 e. The lowest BCUT2D eigenvalue weighted by molar-refractivity contribution is -0.803. The zero-order chi connectivity index (χ0) is 18.1. The Morgan fingerprint density at radius 1 is 1.04 bits per heavy atom. The highest BCUT2D eigenvalue weighted by molar-refractivity contribution is 7.62. The van der Waals surface area contributed by atoms with Crippen LogP contribution in [0.1, 0.15) is 48.5 Å². The molecule has 0 atom stereocenters. The molecule has 0 spiro atoms. The van der Waals surface area contributed by atoms with Crippen LogP contribution < -0.4 is 9.99 Å². The number of fused-ring (bicyclic) bond motifs is 1. The Labute approximate surface area is 144 Å². The van der Waals surface area contributed by atoms with Crippen LogP contribution in [0.4, 0.5) is 0 Å². The number of rotatable bonds is 5. The van der Waals surface area contributed by atoms with Gasteiger partial charge in [-0.05, 0) is 33.8 Å². The zero-order valence-corrected chi connectivity index (χ0v) is 16.5. The Morgan fingerprint density at radius 3 is 2.08 bits per heavy atom. The molecule has 6 heteroatoms. The van der Waals surface area contributed by atoms with Crippen LogP contribution in [0.25, 0.3) is 10.9 Å². The monoisotopic (exact) mass is 351 g/mol. The Hall–Kier alpha value is -1.29. The lowest BCUT2D eigenvalue weighted by atomic mass is 10.1. The van der Waals surface area contributed by atoms with E-state index >= 15 is 0 Å². The molecule has 1 aromatic carbocycles. The third-order valence-corrected chi connectivity index (χ3v) is 5.67. The molecule has 0 N–H and O–H groups in total. The molecule has 0 fully saturated rings. The van der Waals surface area contributed by atoms with Gasteiger partial charge >= 0.3 is 7.60 Å². The molecule has 0 aliphatic rings. The minimum Gasteiger partial charge on any atom is -0.302 e. The topological polar surface area (TPSA) is 52.3 Å². The smallest absolute Gasteiger partial charge is 0.302 e. The van der Waals surface area contributed by atoms with E-state index in [1.807, 2.05) is 56.6 Å². The van der Waals surface area contributed by atoms with Crippen molar-refractivity contribution in [2.24, 2.45) is 0 Å². The van der Waals surface area contributed by atoms with Crippen molar-refractivity contribution in [1.29, 1.82) is 0 Å². The van der Waals surface area contributed by atoms with Gasteiger partial charge in [0.15, 0.2) is 5.54 Å². The molecule has 0 unspecified atom stereocenters. The van der Waals surface area contributed by atoms with E-state index in [0.29, 0.717) is 5.30 Å². The normalized spacial score (nSPS) is 13.2. The van der Waals surface area contributed by atoms with E-state index in [1.165, 1.54) is 0 Å². The van der Waals surface area contributed by atoms with Gasteiger partial charge in [-0.15, -0.1) is 0 Å². The van der Waals surface area contributed by atoms with E-state index in [-0.39, 0.29) is 17.7 Å². The van der Waals surface area contributed by atoms with Gasteiger partial charge in [0.1, 0.15) is 10.8 Å². The van der Waals surface area contributed by atoms with E-state index in [9.17, 15) is 4.57 Å². The van der Waals surface area contributed by atoms with Crippen molar-refractivity contribution in [1.82, 2.24) is 5.10 Å². The molecular weight excluding hydrogens is 323 g/mol. The average Bonchev–Trinajstić information content (AvgIpc) is 2.43. The molecule has 0 aliphatic heterocycles. The Kier molecular flexibility index (Phi) is 5.48. The maximum absolute atomic E-state index is 13.6. The molecule has 24 heavy (non-hydrogen) atoms. The summed E-state index contributed by atoms with van der Waals surface area (Å²) in [5, 5.41) is 6.02. The molecule has 1 heterocycles. The molecule has 1 aromatic heterocycles. The van der Waals surface area contributed by atoms with Crippen LogP contribution in [0.3, 0.4) is 0 Å². The molecule has 2 rings (SSSR count). The second kappa shape index (κ2) is 6.91. The third-order valence-electron chi connectivity index (χ3n) is 3.32. The predicted octanol–water partition coefficient (Wildman–Crippen LogP) is 3.95. The first-order valence-corrected chi connectivity index (χ1v) is 9.87. The fourth-order valence-corrected chi connectivity index (χ4v) is 4.49. The van der Waals surface area contributed by atoms with Crippen molar-refractivity contribution in [3.8, 4) is 0 Å². The summed E-state index contributed by atoms with van der Waals surface area (Å²) >= 11 is 0. The van der Waals surface area contributed by atoms with E-state index in [4.69, 9.17) is 9.05 Å². The molecule has 0 saturated carbocycles. The molecule has 0 bridgehead atoms. The number of hydrogen-bond acceptors (Lipinski definition) is 4. The fourth-order valence-electron chi connectivity index (χ4n) is 2.36. The summed E-state index contributed by atoms with van der Waals surface area (Å²) in [6, 6.07) is 7.65. The van der Waals surface area contributed by atoms with Crippen molar-refractivity contribution in [3.63, 3.8) is 0 Å². The number of hydrogen-bond donors (Lipinski definition) is 0. The molecule has 0 aliphatic carbocycles. The molecule has 2 aromatic rings. The highest BCUT2D eigenvalue weighted by Gasteiger charge is 2.37. The number of aromatic nitrogens is 2. The summed E-state index contributed by atoms with van der Waals surface area (Å²) in [6.45, 7) is 13.6. The van der Waals surface area contributed by atoms with Crippen molar-refractivity contribution in [2.75, 3.05) is 0 Å². The van der Waals surface area contributed by atoms with Gasteiger partial charge in [-0.2, -0.15) is 0 Å². The quantitative estimate of drug-likeness (QED) is 0.605. The van der Waals surface area contributed by atoms with E-state index in [0.717, 1.165) is 10.9 Å². The first kappa shape index (κ1) is 19.0. The number of benzene rings is 1. The van der Waals surface area contributed by atoms with Crippen LogP contribution in [0.15, 0.2) is 30.5 Å². The summed E-state index contributed by atoms with van der Waals surface area (Å²) in [7, 11) is -3.49. The molecular formula is C18H28N2O3P+. The summed E-state index contributed by atoms with van der Waals surface area (Å²) in [6.07, 6.45) is 1.36. The van der Waals surface area contributed by atoms with Gasteiger partial charge in [0.05, 0.1) is 12.2 Å². The van der Waals surface area contributed by atoms with Gasteiger partial charge in [-0.1, -0.05) is 22.9 Å². The second-order valence-electron chi connectivity index (χ2n) is 7.45.